The van der Waals surface area contributed by atoms with E-state index in [4.69, 9.17) is 0 Å². The Hall–Kier alpha value is -3.15. The standard InChI is InChI=1S/C18H17N3O3/c1-11-17(9-13-10-19-8-7-16(13)18(23)24)12(2)21(20-11)14-3-5-15(22)6-4-14/h3-8,10,22H,9H2,1-2H3,(H,23,24). The molecule has 0 saturated carbocycles. The Labute approximate surface area is 139 Å². The molecule has 122 valence electrons. The number of hydrogen-bond acceptors (Lipinski definition) is 4. The number of carbonyl (C=O) groups is 1. The summed E-state index contributed by atoms with van der Waals surface area (Å²) in [7, 11) is 0. The number of carboxylic acid groups (broad SMARTS) is 1. The largest absolute Gasteiger partial charge is 0.508 e. The molecule has 0 fully saturated rings. The maximum absolute atomic E-state index is 11.4. The molecule has 1 aromatic carbocycles. The molecule has 0 bridgehead atoms. The van der Waals surface area contributed by atoms with Gasteiger partial charge in [0.05, 0.1) is 16.9 Å². The molecule has 2 heterocycles. The lowest BCUT2D eigenvalue weighted by atomic mass is 10.0. The first-order valence-electron chi connectivity index (χ1n) is 7.48. The van der Waals surface area contributed by atoms with Crippen molar-refractivity contribution in [3.63, 3.8) is 0 Å². The molecule has 24 heavy (non-hydrogen) atoms. The van der Waals surface area contributed by atoms with Gasteiger partial charge in [-0.1, -0.05) is 0 Å². The summed E-state index contributed by atoms with van der Waals surface area (Å²) in [5, 5.41) is 23.3. The fraction of sp³-hybridized carbons (Fsp3) is 0.167. The van der Waals surface area contributed by atoms with Crippen molar-refractivity contribution in [2.45, 2.75) is 20.3 Å². The molecule has 0 aliphatic rings. The van der Waals surface area contributed by atoms with Gasteiger partial charge in [-0.25, -0.2) is 9.48 Å². The van der Waals surface area contributed by atoms with Crippen LogP contribution in [-0.2, 0) is 6.42 Å². The molecule has 0 atom stereocenters. The summed E-state index contributed by atoms with van der Waals surface area (Å²) in [6.07, 6.45) is 3.51. The van der Waals surface area contributed by atoms with Crippen LogP contribution in [0.2, 0.25) is 0 Å². The summed E-state index contributed by atoms with van der Waals surface area (Å²) in [5.74, 6) is -0.768. The van der Waals surface area contributed by atoms with Gasteiger partial charge in [0.1, 0.15) is 5.75 Å². The quantitative estimate of drug-likeness (QED) is 0.771. The first kappa shape index (κ1) is 15.7. The number of carboxylic acids is 1. The summed E-state index contributed by atoms with van der Waals surface area (Å²) in [5.41, 5.74) is 4.48. The maximum atomic E-state index is 11.4. The van der Waals surface area contributed by atoms with E-state index in [0.29, 0.717) is 12.0 Å². The molecule has 0 spiro atoms. The average molecular weight is 323 g/mol. The Kier molecular flexibility index (Phi) is 4.04. The third kappa shape index (κ3) is 2.86. The minimum absolute atomic E-state index is 0.196. The molecule has 0 unspecified atom stereocenters. The number of phenolic OH excluding ortho intramolecular Hbond substituents is 1. The number of aromatic carboxylic acids is 1. The van der Waals surface area contributed by atoms with Crippen LogP contribution in [0.15, 0.2) is 42.7 Å². The van der Waals surface area contributed by atoms with E-state index >= 15 is 0 Å². The molecule has 2 aromatic heterocycles. The molecule has 0 radical (unpaired) electrons. The van der Waals surface area contributed by atoms with E-state index in [9.17, 15) is 15.0 Å². The van der Waals surface area contributed by atoms with Gasteiger partial charge < -0.3 is 10.2 Å². The third-order valence-corrected chi connectivity index (χ3v) is 4.04. The van der Waals surface area contributed by atoms with Crippen LogP contribution in [0.4, 0.5) is 0 Å². The number of hydrogen-bond donors (Lipinski definition) is 2. The molecular weight excluding hydrogens is 306 g/mol. The highest BCUT2D eigenvalue weighted by atomic mass is 16.4. The van der Waals surface area contributed by atoms with Gasteiger partial charge in [0.15, 0.2) is 0 Å². The zero-order valence-electron chi connectivity index (χ0n) is 13.4. The highest BCUT2D eigenvalue weighted by Crippen LogP contribution is 2.23. The van der Waals surface area contributed by atoms with Crippen molar-refractivity contribution in [2.24, 2.45) is 0 Å². The van der Waals surface area contributed by atoms with E-state index in [1.165, 1.54) is 12.3 Å². The summed E-state index contributed by atoms with van der Waals surface area (Å²) in [4.78, 5) is 15.4. The van der Waals surface area contributed by atoms with Crippen LogP contribution >= 0.6 is 0 Å². The number of rotatable bonds is 4. The van der Waals surface area contributed by atoms with Gasteiger partial charge >= 0.3 is 5.97 Å². The van der Waals surface area contributed by atoms with Crippen LogP contribution in [0.25, 0.3) is 5.69 Å². The van der Waals surface area contributed by atoms with Crippen LogP contribution in [0.1, 0.15) is 32.9 Å². The van der Waals surface area contributed by atoms with E-state index in [1.807, 2.05) is 13.8 Å². The van der Waals surface area contributed by atoms with Crippen LogP contribution in [-0.4, -0.2) is 30.9 Å². The number of phenols is 1. The predicted molar refractivity (Wildman–Crippen MR) is 88.7 cm³/mol. The van der Waals surface area contributed by atoms with Gasteiger partial charge in [-0.15, -0.1) is 0 Å². The molecule has 3 aromatic rings. The second-order valence-electron chi connectivity index (χ2n) is 5.59. The van der Waals surface area contributed by atoms with Crippen LogP contribution in [0.5, 0.6) is 5.75 Å². The second kappa shape index (κ2) is 6.16. The Morgan fingerprint density at radius 3 is 2.54 bits per heavy atom. The summed E-state index contributed by atoms with van der Waals surface area (Å²) in [6.45, 7) is 3.84. The van der Waals surface area contributed by atoms with Crippen molar-refractivity contribution < 1.29 is 15.0 Å². The SMILES string of the molecule is Cc1nn(-c2ccc(O)cc2)c(C)c1Cc1cnccc1C(=O)O. The number of aromatic nitrogens is 3. The molecule has 2 N–H and O–H groups in total. The van der Waals surface area contributed by atoms with Gasteiger partial charge in [-0.05, 0) is 49.7 Å². The molecule has 6 heteroatoms. The number of aromatic hydroxyl groups is 1. The van der Waals surface area contributed by atoms with E-state index in [-0.39, 0.29) is 11.3 Å². The van der Waals surface area contributed by atoms with Gasteiger partial charge in [-0.3, -0.25) is 4.98 Å². The molecule has 0 aliphatic carbocycles. The van der Waals surface area contributed by atoms with E-state index in [2.05, 4.69) is 10.1 Å². The highest BCUT2D eigenvalue weighted by molar-refractivity contribution is 5.89. The zero-order chi connectivity index (χ0) is 17.3. The van der Waals surface area contributed by atoms with E-state index < -0.39 is 5.97 Å². The number of nitrogens with zero attached hydrogens (tertiary/aromatic N) is 3. The normalized spacial score (nSPS) is 10.8. The van der Waals surface area contributed by atoms with Gasteiger partial charge in [-0.2, -0.15) is 5.10 Å². The maximum Gasteiger partial charge on any atom is 0.336 e. The average Bonchev–Trinajstić information content (AvgIpc) is 2.84. The Morgan fingerprint density at radius 1 is 1.17 bits per heavy atom. The summed E-state index contributed by atoms with van der Waals surface area (Å²) in [6, 6.07) is 8.29. The summed E-state index contributed by atoms with van der Waals surface area (Å²) < 4.78 is 1.79. The Bertz CT molecular complexity index is 898. The monoisotopic (exact) mass is 323 g/mol. The number of pyridine rings is 1. The van der Waals surface area contributed by atoms with Gasteiger partial charge in [0.25, 0.3) is 0 Å². The van der Waals surface area contributed by atoms with Crippen LogP contribution in [0.3, 0.4) is 0 Å². The summed E-state index contributed by atoms with van der Waals surface area (Å²) >= 11 is 0. The molecular formula is C18H17N3O3. The third-order valence-electron chi connectivity index (χ3n) is 4.04. The fourth-order valence-electron chi connectivity index (χ4n) is 2.74. The van der Waals surface area contributed by atoms with Gasteiger partial charge in [0.2, 0.25) is 0 Å². The van der Waals surface area contributed by atoms with Crippen LogP contribution in [0, 0.1) is 13.8 Å². The van der Waals surface area contributed by atoms with Crippen molar-refractivity contribution >= 4 is 5.97 Å². The minimum atomic E-state index is -0.964. The first-order valence-corrected chi connectivity index (χ1v) is 7.48. The lowest BCUT2D eigenvalue weighted by molar-refractivity contribution is 0.0695. The van der Waals surface area contributed by atoms with Gasteiger partial charge in [0, 0.05) is 30.1 Å². The topological polar surface area (TPSA) is 88.2 Å². The fourth-order valence-corrected chi connectivity index (χ4v) is 2.74. The number of aryl methyl sites for hydroxylation is 1. The van der Waals surface area contributed by atoms with Crippen molar-refractivity contribution in [1.29, 1.82) is 0 Å². The molecule has 0 saturated heterocycles. The minimum Gasteiger partial charge on any atom is -0.508 e. The molecule has 3 rings (SSSR count). The number of benzene rings is 1. The molecule has 0 amide bonds. The predicted octanol–water partition coefficient (Wildman–Crippen LogP) is 2.88. The lowest BCUT2D eigenvalue weighted by Crippen LogP contribution is -2.05. The molecule has 6 nitrogen and oxygen atoms in total. The highest BCUT2D eigenvalue weighted by Gasteiger charge is 2.17. The Balaban J connectivity index is 2.02. The second-order valence-corrected chi connectivity index (χ2v) is 5.59. The van der Waals surface area contributed by atoms with Crippen molar-refractivity contribution in [3.8, 4) is 11.4 Å². The molecule has 0 aliphatic heterocycles. The first-order chi connectivity index (χ1) is 11.5. The van der Waals surface area contributed by atoms with Crippen molar-refractivity contribution in [3.05, 3.63) is 70.8 Å². The Morgan fingerprint density at radius 2 is 1.88 bits per heavy atom. The zero-order valence-corrected chi connectivity index (χ0v) is 13.4. The van der Waals surface area contributed by atoms with Crippen molar-refractivity contribution in [1.82, 2.24) is 14.8 Å². The van der Waals surface area contributed by atoms with E-state index in [0.717, 1.165) is 22.6 Å². The van der Waals surface area contributed by atoms with Crippen molar-refractivity contribution in [2.75, 3.05) is 0 Å². The smallest absolute Gasteiger partial charge is 0.336 e. The van der Waals surface area contributed by atoms with E-state index in [1.54, 1.807) is 35.1 Å². The van der Waals surface area contributed by atoms with Crippen LogP contribution < -0.4 is 0 Å². The lowest BCUT2D eigenvalue weighted by Gasteiger charge is -2.07.